The molecule has 0 saturated heterocycles. The van der Waals surface area contributed by atoms with E-state index in [4.69, 9.17) is 9.98 Å². The summed E-state index contributed by atoms with van der Waals surface area (Å²) < 4.78 is 2.19. The van der Waals surface area contributed by atoms with Crippen molar-refractivity contribution in [3.63, 3.8) is 0 Å². The number of rotatable bonds is 4. The fourth-order valence-corrected chi connectivity index (χ4v) is 4.12. The van der Waals surface area contributed by atoms with E-state index in [9.17, 15) is 0 Å². The first-order valence-corrected chi connectivity index (χ1v) is 11.4. The van der Waals surface area contributed by atoms with E-state index >= 15 is 0 Å². The van der Waals surface area contributed by atoms with Gasteiger partial charge in [0.1, 0.15) is 0 Å². The maximum atomic E-state index is 5.02. The number of para-hydroxylation sites is 2. The van der Waals surface area contributed by atoms with Crippen LogP contribution in [0.3, 0.4) is 0 Å². The fourth-order valence-electron chi connectivity index (χ4n) is 4.12. The Morgan fingerprint density at radius 3 is 1.23 bits per heavy atom. The monoisotopic (exact) mass is 513 g/mol. The molecular weight excluding hydrogens is 470 g/mol. The molecule has 35 heavy (non-hydrogen) atoms. The first-order valence-electron chi connectivity index (χ1n) is 11.4. The predicted molar refractivity (Wildman–Crippen MR) is 152 cm³/mol. The van der Waals surface area contributed by atoms with Crippen LogP contribution in [0.15, 0.2) is 70.6 Å². The summed E-state index contributed by atoms with van der Waals surface area (Å²) in [4.78, 5) is 10.0. The van der Waals surface area contributed by atoms with Crippen molar-refractivity contribution in [3.05, 3.63) is 98.0 Å². The van der Waals surface area contributed by atoms with Gasteiger partial charge in [-0.25, -0.2) is 0 Å². The van der Waals surface area contributed by atoms with Crippen LogP contribution >= 0.6 is 0 Å². The van der Waals surface area contributed by atoms with Crippen molar-refractivity contribution in [2.45, 2.75) is 66.2 Å². The number of aliphatic imine (C=N–C) groups is 2. The van der Waals surface area contributed by atoms with Crippen LogP contribution in [0.5, 0.6) is 0 Å². The molecule has 3 aromatic rings. The van der Waals surface area contributed by atoms with Gasteiger partial charge in [0.25, 0.3) is 0 Å². The molecule has 3 nitrogen and oxygen atoms in total. The van der Waals surface area contributed by atoms with Gasteiger partial charge < -0.3 is 19.4 Å². The van der Waals surface area contributed by atoms with Gasteiger partial charge in [0.05, 0.1) is 34.2 Å². The molecule has 1 heterocycles. The minimum Gasteiger partial charge on any atom is -0.358 e. The third kappa shape index (κ3) is 7.53. The Morgan fingerprint density at radius 1 is 0.600 bits per heavy atom. The first-order chi connectivity index (χ1) is 14.9. The van der Waals surface area contributed by atoms with Crippen LogP contribution in [0, 0.1) is 14.9 Å². The van der Waals surface area contributed by atoms with Crippen LogP contribution < -0.4 is 0 Å². The molecule has 0 spiro atoms. The topological polar surface area (TPSA) is 29.6 Å². The Labute approximate surface area is 225 Å². The van der Waals surface area contributed by atoms with Gasteiger partial charge in [-0.15, -0.1) is 0 Å². The van der Waals surface area contributed by atoms with Crippen molar-refractivity contribution in [1.29, 1.82) is 0 Å². The predicted octanol–water partition coefficient (Wildman–Crippen LogP) is 8.80. The summed E-state index contributed by atoms with van der Waals surface area (Å²) >= 11 is 0. The molecule has 0 fully saturated rings. The fraction of sp³-hybridized carbons (Fsp3) is 0.355. The molecule has 0 atom stereocenters. The van der Waals surface area contributed by atoms with Gasteiger partial charge in [-0.2, -0.15) is 0 Å². The second-order valence-electron chi connectivity index (χ2n) is 10.6. The van der Waals surface area contributed by atoms with Crippen molar-refractivity contribution >= 4 is 22.8 Å². The van der Waals surface area contributed by atoms with Gasteiger partial charge in [-0.3, -0.25) is 9.98 Å². The smallest absolute Gasteiger partial charge is 0.358 e. The Morgan fingerprint density at radius 2 is 0.914 bits per heavy atom. The van der Waals surface area contributed by atoms with E-state index in [2.05, 4.69) is 128 Å². The standard InChI is InChI=1S/C29H37N3.2CH3.Fe/c1-20(30-24-16-12-10-14-22(24)28(3,4)5)26-18-19-27(32(26)9)21(2)31-25-17-13-11-15-23(25)29(6,7)8;;;/h10-19H,1-9H3;2*1H3;/q;2*-1;+2. The van der Waals surface area contributed by atoms with Crippen molar-refractivity contribution in [2.24, 2.45) is 17.0 Å². The second kappa shape index (κ2) is 12.5. The van der Waals surface area contributed by atoms with Crippen molar-refractivity contribution in [3.8, 4) is 0 Å². The minimum atomic E-state index is 0. The number of benzene rings is 2. The molecule has 0 unspecified atom stereocenters. The Bertz CT molecular complexity index is 1080. The first kappa shape index (κ1) is 32.6. The minimum absolute atomic E-state index is 0. The summed E-state index contributed by atoms with van der Waals surface area (Å²) in [6, 6.07) is 21.1. The average molecular weight is 514 g/mol. The second-order valence-corrected chi connectivity index (χ2v) is 10.6. The molecule has 0 radical (unpaired) electrons. The van der Waals surface area contributed by atoms with E-state index < -0.39 is 0 Å². The van der Waals surface area contributed by atoms with Crippen molar-refractivity contribution < 1.29 is 17.1 Å². The molecule has 0 N–H and O–H groups in total. The molecule has 1 aromatic heterocycles. The van der Waals surface area contributed by atoms with Crippen LogP contribution in [0.1, 0.15) is 77.9 Å². The molecule has 0 bridgehead atoms. The zero-order chi connectivity index (χ0) is 23.7. The van der Waals surface area contributed by atoms with Crippen LogP contribution in [-0.4, -0.2) is 16.0 Å². The van der Waals surface area contributed by atoms with Crippen LogP contribution in [0.2, 0.25) is 0 Å². The number of nitrogens with zero attached hydrogens (tertiary/aromatic N) is 3. The van der Waals surface area contributed by atoms with E-state index in [1.807, 2.05) is 0 Å². The zero-order valence-electron chi connectivity index (χ0n) is 23.5. The third-order valence-corrected chi connectivity index (χ3v) is 5.86. The Balaban J connectivity index is 0.00000385. The number of hydrogen-bond acceptors (Lipinski definition) is 2. The molecule has 190 valence electrons. The average Bonchev–Trinajstić information content (AvgIpc) is 3.09. The van der Waals surface area contributed by atoms with Crippen LogP contribution in [0.4, 0.5) is 11.4 Å². The molecule has 3 rings (SSSR count). The van der Waals surface area contributed by atoms with E-state index in [0.29, 0.717) is 0 Å². The Hall–Kier alpha value is -2.42. The van der Waals surface area contributed by atoms with Gasteiger partial charge in [0, 0.05) is 7.05 Å². The quantitative estimate of drug-likeness (QED) is 0.190. The maximum Gasteiger partial charge on any atom is 2.00 e. The largest absolute Gasteiger partial charge is 2.00 e. The SMILES string of the molecule is CC(=Nc1ccccc1C(C)(C)C)c1ccc(C(C)=Nc2ccccc2C(C)(C)C)n1C.[CH3-].[CH3-].[Fe+2]. The molecule has 2 aromatic carbocycles. The Kier molecular flexibility index (Phi) is 11.6. The normalized spacial score (nSPS) is 12.4. The van der Waals surface area contributed by atoms with E-state index in [0.717, 1.165) is 34.2 Å². The molecule has 4 heteroatoms. The molecular formula is C31H43FeN3. The number of hydrogen-bond donors (Lipinski definition) is 0. The van der Waals surface area contributed by atoms with Gasteiger partial charge in [-0.1, -0.05) is 77.9 Å². The van der Waals surface area contributed by atoms with Crippen LogP contribution in [0.25, 0.3) is 0 Å². The molecule has 0 aliphatic heterocycles. The van der Waals surface area contributed by atoms with Crippen LogP contribution in [-0.2, 0) is 34.9 Å². The van der Waals surface area contributed by atoms with Gasteiger partial charge in [0.2, 0.25) is 0 Å². The summed E-state index contributed by atoms with van der Waals surface area (Å²) in [5.74, 6) is 0. The van der Waals surface area contributed by atoms with E-state index in [-0.39, 0.29) is 42.8 Å². The summed E-state index contributed by atoms with van der Waals surface area (Å²) in [6.07, 6.45) is 0. The molecule has 0 aliphatic rings. The zero-order valence-corrected chi connectivity index (χ0v) is 24.6. The summed E-state index contributed by atoms with van der Waals surface area (Å²) in [5, 5.41) is 0. The maximum absolute atomic E-state index is 5.02. The van der Waals surface area contributed by atoms with Crippen molar-refractivity contribution in [1.82, 2.24) is 4.57 Å². The third-order valence-electron chi connectivity index (χ3n) is 5.86. The van der Waals surface area contributed by atoms with E-state index in [1.54, 1.807) is 0 Å². The molecule has 0 aliphatic carbocycles. The van der Waals surface area contributed by atoms with Crippen molar-refractivity contribution in [2.75, 3.05) is 0 Å². The summed E-state index contributed by atoms with van der Waals surface area (Å²) in [5.41, 5.74) is 8.86. The van der Waals surface area contributed by atoms with Gasteiger partial charge in [-0.05, 0) is 60.1 Å². The summed E-state index contributed by atoms with van der Waals surface area (Å²) in [7, 11) is 2.09. The van der Waals surface area contributed by atoms with E-state index in [1.165, 1.54) is 11.1 Å². The number of aromatic nitrogens is 1. The van der Waals surface area contributed by atoms with Gasteiger partial charge >= 0.3 is 17.1 Å². The molecule has 0 saturated carbocycles. The summed E-state index contributed by atoms with van der Waals surface area (Å²) in [6.45, 7) is 17.5. The molecule has 0 amide bonds. The van der Waals surface area contributed by atoms with Gasteiger partial charge in [0.15, 0.2) is 0 Å².